The Balaban J connectivity index is 1.30. The number of carbonyl (C=O) groups excluding carboxylic acids is 3. The van der Waals surface area contributed by atoms with Gasteiger partial charge in [0.15, 0.2) is 0 Å². The van der Waals surface area contributed by atoms with Gasteiger partial charge < -0.3 is 24.6 Å². The third-order valence-corrected chi connectivity index (χ3v) is 16.3. The van der Waals surface area contributed by atoms with Crippen LogP contribution in [-0.4, -0.2) is 54.0 Å². The molecule has 0 saturated heterocycles. The van der Waals surface area contributed by atoms with Crippen molar-refractivity contribution in [3.8, 4) is 0 Å². The van der Waals surface area contributed by atoms with Crippen molar-refractivity contribution < 1.29 is 38.5 Å². The number of amides is 1. The van der Waals surface area contributed by atoms with Gasteiger partial charge in [0, 0.05) is 5.41 Å². The Morgan fingerprint density at radius 1 is 0.796 bits per heavy atom. The Morgan fingerprint density at radius 3 is 2.11 bits per heavy atom. The molecule has 0 radical (unpaired) electrons. The lowest BCUT2D eigenvalue weighted by Gasteiger charge is -2.73. The molecule has 0 heterocycles. The van der Waals surface area contributed by atoms with Crippen LogP contribution in [0.5, 0.6) is 0 Å². The molecule has 1 amide bonds. The van der Waals surface area contributed by atoms with Crippen LogP contribution in [0.1, 0.15) is 160 Å². The topological polar surface area (TPSA) is 128 Å². The van der Waals surface area contributed by atoms with Gasteiger partial charge in [-0.05, 0) is 155 Å². The third-order valence-electron chi connectivity index (χ3n) is 16.3. The molecule has 306 valence electrons. The number of rotatable bonds is 11. The highest BCUT2D eigenvalue weighted by molar-refractivity contribution is 5.78. The van der Waals surface area contributed by atoms with Gasteiger partial charge in [0.05, 0.1) is 19.4 Å². The highest BCUT2D eigenvalue weighted by Crippen LogP contribution is 2.78. The van der Waals surface area contributed by atoms with Crippen LogP contribution in [0.15, 0.2) is 12.2 Å². The van der Waals surface area contributed by atoms with Crippen molar-refractivity contribution in [1.82, 2.24) is 5.32 Å². The van der Waals surface area contributed by atoms with E-state index in [4.69, 9.17) is 14.2 Å². The molecule has 0 aliphatic heterocycles. The summed E-state index contributed by atoms with van der Waals surface area (Å²) in [4.78, 5) is 49.4. The first-order valence-corrected chi connectivity index (χ1v) is 21.0. The summed E-state index contributed by atoms with van der Waals surface area (Å²) in [6.45, 7) is 28.4. The molecule has 2 N–H and O–H groups in total. The molecule has 5 rings (SSSR count). The van der Waals surface area contributed by atoms with Crippen molar-refractivity contribution in [2.45, 2.75) is 171 Å². The second-order valence-electron chi connectivity index (χ2n) is 21.6. The second-order valence-corrected chi connectivity index (χ2v) is 21.6. The number of esters is 2. The standard InChI is InChI=1S/C45H73NO8/c1-28(2)29-15-20-45(23-24-52-36(50)27-46-38(51)54-39(3,4)5)22-21-43(11)30(37(29)45)13-14-32-42(10)18-17-33(41(8,9)31(42)16-19-44(32,43)12)53-35(49)26-40(6,7)25-34(47)48/h29-33,37H,1,13-27H2,2-12H3,(H,46,51)(H,47,48)/t29-,30+,31-,32+,33-,37+,42-,43+,44+,45+/m0/s1. The monoisotopic (exact) mass is 756 g/mol. The highest BCUT2D eigenvalue weighted by atomic mass is 16.6. The lowest BCUT2D eigenvalue weighted by molar-refractivity contribution is -0.251. The van der Waals surface area contributed by atoms with Gasteiger partial charge in [0.1, 0.15) is 18.2 Å². The molecule has 5 fully saturated rings. The second kappa shape index (κ2) is 14.7. The minimum Gasteiger partial charge on any atom is -0.481 e. The molecule has 5 saturated carbocycles. The fraction of sp³-hybridized carbons (Fsp3) is 0.867. The number of alkyl carbamates (subject to hydrolysis) is 1. The Morgan fingerprint density at radius 2 is 1.48 bits per heavy atom. The Labute approximate surface area is 325 Å². The lowest BCUT2D eigenvalue weighted by Crippen LogP contribution is -2.66. The zero-order chi connectivity index (χ0) is 40.3. The summed E-state index contributed by atoms with van der Waals surface area (Å²) in [6, 6.07) is 0. The van der Waals surface area contributed by atoms with Crippen molar-refractivity contribution in [2.24, 2.45) is 62.1 Å². The van der Waals surface area contributed by atoms with E-state index in [1.165, 1.54) is 31.3 Å². The number of nitrogens with one attached hydrogen (secondary N) is 1. The number of ether oxygens (including phenoxy) is 3. The van der Waals surface area contributed by atoms with Crippen LogP contribution in [0.3, 0.4) is 0 Å². The van der Waals surface area contributed by atoms with Gasteiger partial charge in [-0.1, -0.05) is 60.6 Å². The van der Waals surface area contributed by atoms with Gasteiger partial charge in [-0.3, -0.25) is 14.4 Å². The molecule has 0 bridgehead atoms. The minimum absolute atomic E-state index is 0.0610. The summed E-state index contributed by atoms with van der Waals surface area (Å²) in [7, 11) is 0. The predicted octanol–water partition coefficient (Wildman–Crippen LogP) is 9.90. The number of fused-ring (bicyclic) bond motifs is 7. The lowest BCUT2D eigenvalue weighted by atomic mass is 9.32. The van der Waals surface area contributed by atoms with E-state index in [0.29, 0.717) is 36.2 Å². The normalized spacial score (nSPS) is 38.4. The maximum Gasteiger partial charge on any atom is 0.408 e. The van der Waals surface area contributed by atoms with Crippen LogP contribution in [-0.2, 0) is 28.6 Å². The Kier molecular flexibility index (Phi) is 11.6. The average Bonchev–Trinajstić information content (AvgIpc) is 3.40. The van der Waals surface area contributed by atoms with Crippen LogP contribution < -0.4 is 5.32 Å². The van der Waals surface area contributed by atoms with Gasteiger partial charge in [-0.2, -0.15) is 0 Å². The molecule has 5 aliphatic carbocycles. The SMILES string of the molecule is C=C(C)[C@@H]1CC[C@]2(CCOC(=O)CNC(=O)OC(C)(C)C)CC[C@]3(C)[C@H](CC[C@@H]4[C@@]5(C)CC[C@H](OC(=O)CC(C)(C)CC(=O)O)C(C)(C)[C@@H]5CC[C@]43C)[C@@H]12. The van der Waals surface area contributed by atoms with Gasteiger partial charge in [0.2, 0.25) is 0 Å². The van der Waals surface area contributed by atoms with E-state index in [1.807, 2.05) is 13.8 Å². The number of carboxylic acid groups (broad SMARTS) is 1. The highest BCUT2D eigenvalue weighted by Gasteiger charge is 2.71. The molecule has 0 aromatic heterocycles. The zero-order valence-corrected chi connectivity index (χ0v) is 35.6. The van der Waals surface area contributed by atoms with Crippen LogP contribution >= 0.6 is 0 Å². The van der Waals surface area contributed by atoms with Crippen molar-refractivity contribution in [1.29, 1.82) is 0 Å². The van der Waals surface area contributed by atoms with Crippen LogP contribution in [0.2, 0.25) is 0 Å². The summed E-state index contributed by atoms with van der Waals surface area (Å²) in [5.41, 5.74) is 0.412. The van der Waals surface area contributed by atoms with E-state index in [-0.39, 0.29) is 58.5 Å². The van der Waals surface area contributed by atoms with E-state index in [9.17, 15) is 24.3 Å². The summed E-state index contributed by atoms with van der Waals surface area (Å²) >= 11 is 0. The first-order chi connectivity index (χ1) is 24.8. The maximum absolute atomic E-state index is 13.2. The van der Waals surface area contributed by atoms with Crippen molar-refractivity contribution >= 4 is 24.0 Å². The van der Waals surface area contributed by atoms with E-state index in [1.54, 1.807) is 20.8 Å². The molecule has 54 heavy (non-hydrogen) atoms. The molecule has 9 heteroatoms. The summed E-state index contributed by atoms with van der Waals surface area (Å²) in [5.74, 6) is 0.942. The first kappa shape index (κ1) is 42.6. The van der Waals surface area contributed by atoms with Gasteiger partial charge in [0.25, 0.3) is 0 Å². The molecule has 0 unspecified atom stereocenters. The smallest absolute Gasteiger partial charge is 0.408 e. The molecule has 0 spiro atoms. The van der Waals surface area contributed by atoms with Crippen molar-refractivity contribution in [2.75, 3.05) is 13.2 Å². The number of carbonyl (C=O) groups is 4. The fourth-order valence-electron chi connectivity index (χ4n) is 13.8. The van der Waals surface area contributed by atoms with Gasteiger partial charge in [-0.15, -0.1) is 0 Å². The van der Waals surface area contributed by atoms with Crippen LogP contribution in [0.4, 0.5) is 4.79 Å². The number of carboxylic acids is 1. The Hall–Kier alpha value is -2.58. The molecule has 0 aromatic carbocycles. The van der Waals surface area contributed by atoms with E-state index in [2.05, 4.69) is 53.4 Å². The number of allylic oxidation sites excluding steroid dienone is 1. The maximum atomic E-state index is 13.2. The van der Waals surface area contributed by atoms with Crippen LogP contribution in [0.25, 0.3) is 0 Å². The summed E-state index contributed by atoms with van der Waals surface area (Å²) < 4.78 is 17.3. The molecular weight excluding hydrogens is 682 g/mol. The van der Waals surface area contributed by atoms with E-state index >= 15 is 0 Å². The largest absolute Gasteiger partial charge is 0.481 e. The molecule has 0 aromatic rings. The fourth-order valence-corrected chi connectivity index (χ4v) is 13.8. The molecule has 9 nitrogen and oxygen atoms in total. The minimum atomic E-state index is -0.894. The first-order valence-electron chi connectivity index (χ1n) is 21.0. The van der Waals surface area contributed by atoms with Gasteiger partial charge >= 0.3 is 24.0 Å². The van der Waals surface area contributed by atoms with Crippen molar-refractivity contribution in [3.63, 3.8) is 0 Å². The number of hydrogen-bond acceptors (Lipinski definition) is 7. The van der Waals surface area contributed by atoms with E-state index < -0.39 is 29.0 Å². The number of aliphatic carboxylic acids is 1. The molecule has 10 atom stereocenters. The summed E-state index contributed by atoms with van der Waals surface area (Å²) in [6.07, 6.45) is 11.2. The van der Waals surface area contributed by atoms with Crippen molar-refractivity contribution in [3.05, 3.63) is 12.2 Å². The molecular formula is C45H73NO8. The predicted molar refractivity (Wildman–Crippen MR) is 209 cm³/mol. The summed E-state index contributed by atoms with van der Waals surface area (Å²) in [5, 5.41) is 11.9. The average molecular weight is 756 g/mol. The van der Waals surface area contributed by atoms with Gasteiger partial charge in [-0.25, -0.2) is 4.79 Å². The number of hydrogen-bond donors (Lipinski definition) is 2. The quantitative estimate of drug-likeness (QED) is 0.121. The zero-order valence-electron chi connectivity index (χ0n) is 35.6. The third kappa shape index (κ3) is 7.86. The Bertz CT molecular complexity index is 1480. The van der Waals surface area contributed by atoms with E-state index in [0.717, 1.165) is 44.9 Å². The van der Waals surface area contributed by atoms with Crippen LogP contribution in [0, 0.1) is 62.1 Å². The molecule has 5 aliphatic rings.